The van der Waals surface area contributed by atoms with Crippen LogP contribution in [0.3, 0.4) is 0 Å². The number of hydrogen-bond donors (Lipinski definition) is 3. The number of hydrazone groups is 1. The van der Waals surface area contributed by atoms with Crippen molar-refractivity contribution >= 4 is 23.7 Å². The number of nitrogens with one attached hydrogen (secondary N) is 3. The molecule has 9 heteroatoms. The molecule has 2 saturated carbocycles. The number of carbonyl (C=O) groups excluding carboxylic acids is 3. The number of carbonyl (C=O) groups is 3. The zero-order chi connectivity index (χ0) is 27.5. The monoisotopic (exact) mass is 524 g/mol. The maximum absolute atomic E-state index is 14.1. The predicted octanol–water partition coefficient (Wildman–Crippen LogP) is 4.55. The summed E-state index contributed by atoms with van der Waals surface area (Å²) in [4.78, 5) is 44.0. The van der Waals surface area contributed by atoms with Gasteiger partial charge in [-0.25, -0.2) is 15.8 Å². The molecular weight excluding hydrogens is 480 g/mol. The van der Waals surface area contributed by atoms with Gasteiger partial charge in [0.2, 0.25) is 0 Å². The number of nitrogens with zero attached hydrogens (tertiary/aromatic N) is 3. The van der Waals surface area contributed by atoms with Crippen molar-refractivity contribution in [2.75, 3.05) is 7.05 Å². The molecule has 1 saturated heterocycles. The minimum absolute atomic E-state index is 0.0133. The summed E-state index contributed by atoms with van der Waals surface area (Å²) in [5, 5.41) is 6.70. The van der Waals surface area contributed by atoms with Gasteiger partial charge in [0, 0.05) is 25.2 Å². The third kappa shape index (κ3) is 5.72. The SMILES string of the molecule is CNN/N=C(\C)NC(=O)c1ccc(CN2C(=O)N(C3CCCCC3)C(=O)C23CCC(C(C)(C)C)CC3)cc1. The highest BCUT2D eigenvalue weighted by atomic mass is 16.2. The van der Waals surface area contributed by atoms with Gasteiger partial charge in [-0.05, 0) is 74.5 Å². The first-order valence-electron chi connectivity index (χ1n) is 14.1. The molecule has 9 nitrogen and oxygen atoms in total. The Hall–Kier alpha value is -2.94. The lowest BCUT2D eigenvalue weighted by Crippen LogP contribution is -2.52. The van der Waals surface area contributed by atoms with Crippen LogP contribution in [0.1, 0.15) is 101 Å². The van der Waals surface area contributed by atoms with E-state index >= 15 is 0 Å². The number of urea groups is 1. The molecule has 1 aromatic carbocycles. The summed E-state index contributed by atoms with van der Waals surface area (Å²) in [5.74, 6) is 0.728. The number of hydrazine groups is 1. The highest BCUT2D eigenvalue weighted by Gasteiger charge is 2.59. The summed E-state index contributed by atoms with van der Waals surface area (Å²) in [5.41, 5.74) is 6.08. The van der Waals surface area contributed by atoms with E-state index in [1.54, 1.807) is 31.0 Å². The first-order valence-corrected chi connectivity index (χ1v) is 14.1. The first kappa shape index (κ1) is 28.1. The third-order valence-electron chi connectivity index (χ3n) is 8.73. The Morgan fingerprint density at radius 3 is 2.24 bits per heavy atom. The second-order valence-electron chi connectivity index (χ2n) is 12.2. The fourth-order valence-corrected chi connectivity index (χ4v) is 6.41. The van der Waals surface area contributed by atoms with Gasteiger partial charge >= 0.3 is 6.03 Å². The standard InChI is InChI=1S/C29H44N6O3/c1-20(32-33-30-5)31-25(36)22-13-11-21(12-14-22)19-34-27(38)35(24-9-7-6-8-10-24)26(37)29(34)17-15-23(16-18-29)28(2,3)4/h11-14,23-24,30,33H,6-10,15-19H2,1-5H3,(H,31,32,36). The lowest BCUT2D eigenvalue weighted by atomic mass is 9.66. The molecule has 2 aliphatic carbocycles. The molecule has 208 valence electrons. The van der Waals surface area contributed by atoms with Crippen molar-refractivity contribution in [3.63, 3.8) is 0 Å². The second kappa shape index (κ2) is 11.4. The highest BCUT2D eigenvalue weighted by Crippen LogP contribution is 2.48. The molecule has 0 aromatic heterocycles. The molecule has 1 heterocycles. The molecule has 3 aliphatic rings. The third-order valence-corrected chi connectivity index (χ3v) is 8.73. The molecule has 1 spiro atoms. The van der Waals surface area contributed by atoms with E-state index in [1.165, 1.54) is 6.42 Å². The van der Waals surface area contributed by atoms with Crippen molar-refractivity contribution in [1.29, 1.82) is 0 Å². The van der Waals surface area contributed by atoms with Crippen LogP contribution in [0.25, 0.3) is 0 Å². The van der Waals surface area contributed by atoms with Crippen LogP contribution in [0, 0.1) is 11.3 Å². The van der Waals surface area contributed by atoms with E-state index in [4.69, 9.17) is 0 Å². The number of amidine groups is 1. The van der Waals surface area contributed by atoms with Gasteiger partial charge in [-0.1, -0.05) is 52.2 Å². The summed E-state index contributed by atoms with van der Waals surface area (Å²) in [6.45, 7) is 8.86. The minimum atomic E-state index is -0.764. The largest absolute Gasteiger partial charge is 0.328 e. The van der Waals surface area contributed by atoms with E-state index in [-0.39, 0.29) is 29.3 Å². The topological polar surface area (TPSA) is 106 Å². The smallest absolute Gasteiger partial charge is 0.309 e. The summed E-state index contributed by atoms with van der Waals surface area (Å²) in [7, 11) is 1.69. The van der Waals surface area contributed by atoms with Gasteiger partial charge in [-0.2, -0.15) is 5.10 Å². The average molecular weight is 525 g/mol. The van der Waals surface area contributed by atoms with Gasteiger partial charge in [0.25, 0.3) is 11.8 Å². The molecule has 0 unspecified atom stereocenters. The Kier molecular flexibility index (Phi) is 8.45. The molecule has 3 fully saturated rings. The van der Waals surface area contributed by atoms with Gasteiger partial charge in [-0.3, -0.25) is 14.5 Å². The normalized spacial score (nSPS) is 25.3. The van der Waals surface area contributed by atoms with Crippen molar-refractivity contribution in [3.05, 3.63) is 35.4 Å². The van der Waals surface area contributed by atoms with Gasteiger partial charge in [0.05, 0.1) is 0 Å². The minimum Gasteiger partial charge on any atom is -0.309 e. The molecule has 1 aromatic rings. The quantitative estimate of drug-likeness (QED) is 0.219. The van der Waals surface area contributed by atoms with E-state index in [0.29, 0.717) is 36.7 Å². The Balaban J connectivity index is 1.54. The van der Waals surface area contributed by atoms with Crippen LogP contribution in [-0.4, -0.2) is 52.1 Å². The van der Waals surface area contributed by atoms with Gasteiger partial charge in [0.15, 0.2) is 0 Å². The van der Waals surface area contributed by atoms with E-state index in [0.717, 1.165) is 44.1 Å². The number of amides is 4. The molecule has 0 atom stereocenters. The fourth-order valence-electron chi connectivity index (χ4n) is 6.41. The zero-order valence-electron chi connectivity index (χ0n) is 23.6. The molecule has 0 radical (unpaired) electrons. The molecule has 1 aliphatic heterocycles. The van der Waals surface area contributed by atoms with Crippen molar-refractivity contribution in [2.45, 2.75) is 104 Å². The second-order valence-corrected chi connectivity index (χ2v) is 12.2. The van der Waals surface area contributed by atoms with Crippen LogP contribution < -0.4 is 16.3 Å². The maximum Gasteiger partial charge on any atom is 0.328 e. The van der Waals surface area contributed by atoms with Crippen LogP contribution in [0.15, 0.2) is 29.4 Å². The van der Waals surface area contributed by atoms with Crippen LogP contribution in [0.5, 0.6) is 0 Å². The van der Waals surface area contributed by atoms with Crippen molar-refractivity contribution in [2.24, 2.45) is 16.4 Å². The van der Waals surface area contributed by atoms with Gasteiger partial charge in [-0.15, -0.1) is 0 Å². The number of hydrogen-bond acceptors (Lipinski definition) is 6. The lowest BCUT2D eigenvalue weighted by molar-refractivity contribution is -0.137. The Morgan fingerprint density at radius 1 is 1.03 bits per heavy atom. The summed E-state index contributed by atoms with van der Waals surface area (Å²) >= 11 is 0. The van der Waals surface area contributed by atoms with Crippen LogP contribution in [0.4, 0.5) is 4.79 Å². The van der Waals surface area contributed by atoms with E-state index in [2.05, 4.69) is 42.1 Å². The zero-order valence-corrected chi connectivity index (χ0v) is 23.6. The van der Waals surface area contributed by atoms with E-state index in [1.807, 2.05) is 17.0 Å². The number of rotatable bonds is 6. The van der Waals surface area contributed by atoms with Gasteiger partial charge < -0.3 is 10.2 Å². The van der Waals surface area contributed by atoms with Crippen LogP contribution in [-0.2, 0) is 11.3 Å². The molecule has 0 bridgehead atoms. The maximum atomic E-state index is 14.1. The summed E-state index contributed by atoms with van der Waals surface area (Å²) in [6.07, 6.45) is 8.43. The Labute approximate surface area is 226 Å². The Bertz CT molecular complexity index is 1050. The highest BCUT2D eigenvalue weighted by molar-refractivity contribution is 6.07. The Morgan fingerprint density at radius 2 is 1.66 bits per heavy atom. The van der Waals surface area contributed by atoms with Gasteiger partial charge in [0.1, 0.15) is 11.4 Å². The van der Waals surface area contributed by atoms with Crippen LogP contribution >= 0.6 is 0 Å². The fraction of sp³-hybridized carbons (Fsp3) is 0.655. The van der Waals surface area contributed by atoms with E-state index < -0.39 is 5.54 Å². The molecular formula is C29H44N6O3. The molecule has 38 heavy (non-hydrogen) atoms. The number of imide groups is 1. The molecule has 4 amide bonds. The van der Waals surface area contributed by atoms with Crippen LogP contribution in [0.2, 0.25) is 0 Å². The summed E-state index contributed by atoms with van der Waals surface area (Å²) < 4.78 is 0. The summed E-state index contributed by atoms with van der Waals surface area (Å²) in [6, 6.07) is 7.15. The van der Waals surface area contributed by atoms with Crippen molar-refractivity contribution in [1.82, 2.24) is 26.1 Å². The van der Waals surface area contributed by atoms with E-state index in [9.17, 15) is 14.4 Å². The number of benzene rings is 1. The van der Waals surface area contributed by atoms with Crippen molar-refractivity contribution in [3.8, 4) is 0 Å². The molecule has 3 N–H and O–H groups in total. The molecule has 4 rings (SSSR count). The average Bonchev–Trinajstić information content (AvgIpc) is 3.09. The van der Waals surface area contributed by atoms with Crippen molar-refractivity contribution < 1.29 is 14.4 Å². The predicted molar refractivity (Wildman–Crippen MR) is 148 cm³/mol. The first-order chi connectivity index (χ1) is 18.1. The lowest BCUT2D eigenvalue weighted by Gasteiger charge is -2.44.